The molecule has 2 aliphatic heterocycles. The van der Waals surface area contributed by atoms with E-state index in [0.29, 0.717) is 47.6 Å². The second-order valence-electron chi connectivity index (χ2n) is 7.61. The Morgan fingerprint density at radius 3 is 2.68 bits per heavy atom. The lowest BCUT2D eigenvalue weighted by Crippen LogP contribution is -2.36. The number of hydrogen-bond donors (Lipinski definition) is 1. The van der Waals surface area contributed by atoms with Crippen LogP contribution in [0.1, 0.15) is 28.3 Å². The van der Waals surface area contributed by atoms with Gasteiger partial charge in [-0.05, 0) is 30.3 Å². The third kappa shape index (κ3) is 3.78. The number of aromatic nitrogens is 2. The van der Waals surface area contributed by atoms with Crippen LogP contribution in [0.15, 0.2) is 47.5 Å². The van der Waals surface area contributed by atoms with E-state index in [2.05, 4.69) is 9.88 Å². The minimum Gasteiger partial charge on any atom is -0.390 e. The third-order valence-corrected chi connectivity index (χ3v) is 5.95. The van der Waals surface area contributed by atoms with Gasteiger partial charge < -0.3 is 9.84 Å². The summed E-state index contributed by atoms with van der Waals surface area (Å²) in [6, 6.07) is 12.1. The summed E-state index contributed by atoms with van der Waals surface area (Å²) in [6.45, 7) is 3.73. The molecular formula is C23H22ClFN4O2. The fourth-order valence-electron chi connectivity index (χ4n) is 4.22. The van der Waals surface area contributed by atoms with E-state index < -0.39 is 0 Å². The summed E-state index contributed by atoms with van der Waals surface area (Å²) >= 11 is 6.34. The molecule has 0 bridgehead atoms. The van der Waals surface area contributed by atoms with Crippen molar-refractivity contribution in [2.75, 3.05) is 26.3 Å². The first-order chi connectivity index (χ1) is 15.2. The van der Waals surface area contributed by atoms with E-state index in [9.17, 15) is 9.50 Å². The van der Waals surface area contributed by atoms with Crippen LogP contribution >= 0.6 is 11.6 Å². The van der Waals surface area contributed by atoms with Gasteiger partial charge in [-0.25, -0.2) is 9.37 Å². The molecule has 0 atom stereocenters. The molecule has 0 unspecified atom stereocenters. The summed E-state index contributed by atoms with van der Waals surface area (Å²) in [5.74, 6) is 0.374. The predicted octanol–water partition coefficient (Wildman–Crippen LogP) is 3.34. The number of aliphatic hydroxyl groups excluding tert-OH is 1. The van der Waals surface area contributed by atoms with E-state index in [4.69, 9.17) is 21.3 Å². The van der Waals surface area contributed by atoms with Gasteiger partial charge in [0.1, 0.15) is 11.6 Å². The van der Waals surface area contributed by atoms with Crippen molar-refractivity contribution in [2.45, 2.75) is 19.7 Å². The topological polar surface area (TPSA) is 62.9 Å². The van der Waals surface area contributed by atoms with Gasteiger partial charge in [0.15, 0.2) is 0 Å². The lowest BCUT2D eigenvalue weighted by Gasteiger charge is -2.27. The number of aliphatic imine (C=N–C) groups is 1. The van der Waals surface area contributed by atoms with Crippen LogP contribution in [0.3, 0.4) is 0 Å². The van der Waals surface area contributed by atoms with E-state index >= 15 is 0 Å². The van der Waals surface area contributed by atoms with E-state index in [1.807, 2.05) is 22.8 Å². The summed E-state index contributed by atoms with van der Waals surface area (Å²) in [4.78, 5) is 11.7. The minimum absolute atomic E-state index is 0.160. The molecule has 1 fully saturated rings. The molecule has 3 heterocycles. The van der Waals surface area contributed by atoms with E-state index in [1.54, 1.807) is 18.2 Å². The smallest absolute Gasteiger partial charge is 0.135 e. The number of aliphatic hydroxyl groups is 1. The Morgan fingerprint density at radius 2 is 1.90 bits per heavy atom. The summed E-state index contributed by atoms with van der Waals surface area (Å²) in [5.41, 5.74) is 4.08. The van der Waals surface area contributed by atoms with Crippen LogP contribution in [0.25, 0.3) is 5.69 Å². The van der Waals surface area contributed by atoms with Crippen molar-refractivity contribution >= 4 is 17.3 Å². The van der Waals surface area contributed by atoms with Gasteiger partial charge in [-0.15, -0.1) is 0 Å². The average Bonchev–Trinajstić information content (AvgIpc) is 3.04. The molecule has 1 N–H and O–H groups in total. The average molecular weight is 441 g/mol. The fraction of sp³-hybridized carbons (Fsp3) is 0.304. The standard InChI is InChI=1S/C23H22ClFN4O2/c24-15-5-6-20-17(11-15)23(16-3-1-2-4-18(16)25)26-12-22-27-19(14-30)21(29(20)22)13-28-7-9-31-10-8-28/h1-6,11,30H,7-10,12-14H2. The number of imidazole rings is 1. The quantitative estimate of drug-likeness (QED) is 0.676. The molecule has 6 nitrogen and oxygen atoms in total. The SMILES string of the molecule is OCc1nc2n(c1CN1CCOCC1)-c1ccc(Cl)cc1C(c1ccccc1F)=NC2. The predicted molar refractivity (Wildman–Crippen MR) is 116 cm³/mol. The molecular weight excluding hydrogens is 419 g/mol. The van der Waals surface area contributed by atoms with Crippen molar-refractivity contribution in [3.05, 3.63) is 81.6 Å². The first-order valence-electron chi connectivity index (χ1n) is 10.3. The lowest BCUT2D eigenvalue weighted by atomic mass is 10.00. The molecule has 0 amide bonds. The first kappa shape index (κ1) is 20.3. The number of nitrogens with zero attached hydrogens (tertiary/aromatic N) is 4. The van der Waals surface area contributed by atoms with Gasteiger partial charge in [-0.3, -0.25) is 14.5 Å². The Balaban J connectivity index is 1.67. The highest BCUT2D eigenvalue weighted by Gasteiger charge is 2.27. The molecule has 2 aliphatic rings. The van der Waals surface area contributed by atoms with E-state index in [1.165, 1.54) is 6.07 Å². The van der Waals surface area contributed by atoms with Gasteiger partial charge in [0.05, 0.1) is 49.2 Å². The van der Waals surface area contributed by atoms with Crippen molar-refractivity contribution in [3.8, 4) is 5.69 Å². The highest BCUT2D eigenvalue weighted by atomic mass is 35.5. The summed E-state index contributed by atoms with van der Waals surface area (Å²) in [5, 5.41) is 10.5. The number of benzene rings is 2. The first-order valence-corrected chi connectivity index (χ1v) is 10.6. The largest absolute Gasteiger partial charge is 0.390 e. The maximum atomic E-state index is 14.7. The number of morpholine rings is 1. The monoisotopic (exact) mass is 440 g/mol. The maximum Gasteiger partial charge on any atom is 0.135 e. The van der Waals surface area contributed by atoms with Crippen LogP contribution in [0.5, 0.6) is 0 Å². The molecule has 0 radical (unpaired) electrons. The maximum absolute atomic E-state index is 14.7. The highest BCUT2D eigenvalue weighted by Crippen LogP contribution is 2.31. The van der Waals surface area contributed by atoms with Gasteiger partial charge in [0, 0.05) is 35.8 Å². The van der Waals surface area contributed by atoms with E-state index in [-0.39, 0.29) is 19.0 Å². The molecule has 1 aromatic heterocycles. The van der Waals surface area contributed by atoms with Crippen LogP contribution in [0.2, 0.25) is 5.02 Å². The summed E-state index contributed by atoms with van der Waals surface area (Å²) in [6.07, 6.45) is 0. The summed E-state index contributed by atoms with van der Waals surface area (Å²) in [7, 11) is 0. The fourth-order valence-corrected chi connectivity index (χ4v) is 4.39. The van der Waals surface area contributed by atoms with Crippen molar-refractivity contribution in [3.63, 3.8) is 0 Å². The van der Waals surface area contributed by atoms with Crippen molar-refractivity contribution < 1.29 is 14.2 Å². The van der Waals surface area contributed by atoms with Gasteiger partial charge in [0.2, 0.25) is 0 Å². The molecule has 0 spiro atoms. The number of ether oxygens (including phenoxy) is 1. The van der Waals surface area contributed by atoms with Gasteiger partial charge in [0.25, 0.3) is 0 Å². The second-order valence-corrected chi connectivity index (χ2v) is 8.05. The van der Waals surface area contributed by atoms with Crippen molar-refractivity contribution in [1.29, 1.82) is 0 Å². The zero-order valence-electron chi connectivity index (χ0n) is 16.9. The molecule has 8 heteroatoms. The molecule has 5 rings (SSSR count). The zero-order chi connectivity index (χ0) is 21.4. The summed E-state index contributed by atoms with van der Waals surface area (Å²) < 4.78 is 22.2. The number of rotatable bonds is 4. The van der Waals surface area contributed by atoms with Gasteiger partial charge in [-0.1, -0.05) is 23.7 Å². The lowest BCUT2D eigenvalue weighted by molar-refractivity contribution is 0.0331. The second kappa shape index (κ2) is 8.51. The Hall–Kier alpha value is -2.58. The highest BCUT2D eigenvalue weighted by molar-refractivity contribution is 6.31. The normalized spacial score (nSPS) is 16.4. The Kier molecular flexibility index (Phi) is 5.58. The van der Waals surface area contributed by atoms with Crippen molar-refractivity contribution in [1.82, 2.24) is 14.5 Å². The van der Waals surface area contributed by atoms with Crippen LogP contribution in [-0.2, 0) is 24.4 Å². The van der Waals surface area contributed by atoms with Crippen LogP contribution in [0.4, 0.5) is 4.39 Å². The Labute approximate surface area is 184 Å². The zero-order valence-corrected chi connectivity index (χ0v) is 17.6. The Bertz CT molecular complexity index is 1150. The molecule has 31 heavy (non-hydrogen) atoms. The number of hydrogen-bond acceptors (Lipinski definition) is 5. The Morgan fingerprint density at radius 1 is 1.10 bits per heavy atom. The minimum atomic E-state index is -0.337. The molecule has 0 saturated carbocycles. The molecule has 1 saturated heterocycles. The number of fused-ring (bicyclic) bond motifs is 3. The molecule has 160 valence electrons. The number of halogens is 2. The molecule has 3 aromatic rings. The molecule has 0 aliphatic carbocycles. The van der Waals surface area contributed by atoms with Crippen LogP contribution < -0.4 is 0 Å². The molecule has 2 aromatic carbocycles. The third-order valence-electron chi connectivity index (χ3n) is 5.71. The van der Waals surface area contributed by atoms with E-state index in [0.717, 1.165) is 30.0 Å². The van der Waals surface area contributed by atoms with Gasteiger partial charge in [-0.2, -0.15) is 0 Å². The van der Waals surface area contributed by atoms with Crippen LogP contribution in [-0.4, -0.2) is 51.6 Å². The van der Waals surface area contributed by atoms with Crippen molar-refractivity contribution in [2.24, 2.45) is 4.99 Å². The van der Waals surface area contributed by atoms with Gasteiger partial charge >= 0.3 is 0 Å². The van der Waals surface area contributed by atoms with Crippen LogP contribution in [0, 0.1) is 5.82 Å².